The molecule has 4 heteroatoms. The van der Waals surface area contributed by atoms with E-state index in [0.717, 1.165) is 32.1 Å². The molecule has 3 atom stereocenters. The number of unbranched alkanes of at least 4 members (excludes halogenated alkanes) is 18. The molecule has 0 aromatic rings. The van der Waals surface area contributed by atoms with Crippen molar-refractivity contribution >= 4 is 11.9 Å². The molecule has 0 aliphatic carbocycles. The molecule has 0 saturated heterocycles. The second-order valence-corrected chi connectivity index (χ2v) is 11.3. The van der Waals surface area contributed by atoms with Crippen LogP contribution in [-0.4, -0.2) is 23.5 Å². The fourth-order valence-electron chi connectivity index (χ4n) is 5.50. The van der Waals surface area contributed by atoms with Gasteiger partial charge in [0.2, 0.25) is 5.91 Å². The molecule has 0 aliphatic heterocycles. The van der Waals surface area contributed by atoms with Crippen LogP contribution in [0.1, 0.15) is 169 Å². The van der Waals surface area contributed by atoms with Crippen molar-refractivity contribution in [3.05, 3.63) is 0 Å². The van der Waals surface area contributed by atoms with Gasteiger partial charge in [-0.15, -0.1) is 0 Å². The fourth-order valence-corrected chi connectivity index (χ4v) is 5.50. The zero-order chi connectivity index (χ0) is 26.9. The predicted molar refractivity (Wildman–Crippen MR) is 155 cm³/mol. The Morgan fingerprint density at radius 3 is 1.39 bits per heavy atom. The van der Waals surface area contributed by atoms with Crippen LogP contribution < -0.4 is 5.32 Å². The minimum atomic E-state index is -0.813. The Kier molecular flexibility index (Phi) is 24.8. The van der Waals surface area contributed by atoms with Crippen molar-refractivity contribution in [2.24, 2.45) is 17.8 Å². The molecule has 0 spiro atoms. The standard InChI is InChI=1S/C32H63NO3/c1-5-8-10-12-13-14-15-16-17-18-19-20-21-22-23-24-26-29(7-3)30(32(35)36)28(4)31(34)33-27-25-11-9-6-2/h28-30H,5-27H2,1-4H3,(H,33,34)(H,35,36). The molecule has 36 heavy (non-hydrogen) atoms. The van der Waals surface area contributed by atoms with Crippen molar-refractivity contribution in [2.75, 3.05) is 6.54 Å². The molecule has 2 N–H and O–H groups in total. The third-order valence-corrected chi connectivity index (χ3v) is 8.03. The van der Waals surface area contributed by atoms with Crippen molar-refractivity contribution < 1.29 is 14.7 Å². The lowest BCUT2D eigenvalue weighted by Gasteiger charge is -2.27. The Bertz CT molecular complexity index is 508. The minimum absolute atomic E-state index is 0.0787. The lowest BCUT2D eigenvalue weighted by Crippen LogP contribution is -2.40. The summed E-state index contributed by atoms with van der Waals surface area (Å²) in [6.07, 6.45) is 27.7. The molecule has 0 rings (SSSR count). The van der Waals surface area contributed by atoms with Gasteiger partial charge in [0, 0.05) is 12.5 Å². The van der Waals surface area contributed by atoms with Crippen LogP contribution >= 0.6 is 0 Å². The van der Waals surface area contributed by atoms with Crippen molar-refractivity contribution in [1.29, 1.82) is 0 Å². The molecule has 0 fully saturated rings. The largest absolute Gasteiger partial charge is 0.481 e. The normalized spacial score (nSPS) is 13.9. The second kappa shape index (κ2) is 25.6. The summed E-state index contributed by atoms with van der Waals surface area (Å²) in [7, 11) is 0. The summed E-state index contributed by atoms with van der Waals surface area (Å²) in [5.41, 5.74) is 0. The highest BCUT2D eigenvalue weighted by Crippen LogP contribution is 2.29. The van der Waals surface area contributed by atoms with Gasteiger partial charge in [-0.2, -0.15) is 0 Å². The number of carbonyl (C=O) groups excluding carboxylic acids is 1. The maximum absolute atomic E-state index is 12.6. The van der Waals surface area contributed by atoms with E-state index in [1.807, 2.05) is 0 Å². The minimum Gasteiger partial charge on any atom is -0.481 e. The van der Waals surface area contributed by atoms with Crippen LogP contribution in [0.5, 0.6) is 0 Å². The first-order valence-corrected chi connectivity index (χ1v) is 16.0. The van der Waals surface area contributed by atoms with Gasteiger partial charge in [-0.25, -0.2) is 0 Å². The summed E-state index contributed by atoms with van der Waals surface area (Å²) in [6, 6.07) is 0. The van der Waals surface area contributed by atoms with E-state index in [4.69, 9.17) is 0 Å². The van der Waals surface area contributed by atoms with E-state index in [1.165, 1.54) is 109 Å². The molecule has 0 saturated carbocycles. The van der Waals surface area contributed by atoms with E-state index >= 15 is 0 Å². The van der Waals surface area contributed by atoms with E-state index in [1.54, 1.807) is 6.92 Å². The number of aliphatic carboxylic acids is 1. The van der Waals surface area contributed by atoms with Crippen molar-refractivity contribution in [2.45, 2.75) is 169 Å². The molecule has 4 nitrogen and oxygen atoms in total. The average Bonchev–Trinajstić information content (AvgIpc) is 2.86. The lowest BCUT2D eigenvalue weighted by atomic mass is 9.77. The molecule has 0 aromatic heterocycles. The van der Waals surface area contributed by atoms with Gasteiger partial charge in [0.15, 0.2) is 0 Å². The summed E-state index contributed by atoms with van der Waals surface area (Å²) in [6.45, 7) is 8.98. The van der Waals surface area contributed by atoms with Gasteiger partial charge in [0.05, 0.1) is 5.92 Å². The van der Waals surface area contributed by atoms with Crippen molar-refractivity contribution in [1.82, 2.24) is 5.32 Å². The van der Waals surface area contributed by atoms with Crippen molar-refractivity contribution in [3.63, 3.8) is 0 Å². The van der Waals surface area contributed by atoms with Crippen LogP contribution in [0.4, 0.5) is 0 Å². The first-order chi connectivity index (χ1) is 17.5. The Hall–Kier alpha value is -1.06. The smallest absolute Gasteiger partial charge is 0.307 e. The average molecular weight is 510 g/mol. The van der Waals surface area contributed by atoms with E-state index in [-0.39, 0.29) is 11.8 Å². The monoisotopic (exact) mass is 509 g/mol. The van der Waals surface area contributed by atoms with E-state index in [9.17, 15) is 14.7 Å². The fraction of sp³-hybridized carbons (Fsp3) is 0.938. The summed E-state index contributed by atoms with van der Waals surface area (Å²) < 4.78 is 0. The zero-order valence-electron chi connectivity index (χ0n) is 24.8. The summed E-state index contributed by atoms with van der Waals surface area (Å²) >= 11 is 0. The first-order valence-electron chi connectivity index (χ1n) is 16.0. The molecule has 0 bridgehead atoms. The number of rotatable bonds is 27. The Labute approximate surface area is 225 Å². The highest BCUT2D eigenvalue weighted by Gasteiger charge is 2.35. The van der Waals surface area contributed by atoms with Crippen LogP contribution in [0.15, 0.2) is 0 Å². The highest BCUT2D eigenvalue weighted by molar-refractivity contribution is 5.84. The van der Waals surface area contributed by atoms with Gasteiger partial charge in [-0.3, -0.25) is 9.59 Å². The number of hydrogen-bond donors (Lipinski definition) is 2. The number of carbonyl (C=O) groups is 2. The van der Waals surface area contributed by atoms with Gasteiger partial charge in [0.1, 0.15) is 0 Å². The Morgan fingerprint density at radius 2 is 1.00 bits per heavy atom. The van der Waals surface area contributed by atoms with Crippen LogP contribution in [-0.2, 0) is 9.59 Å². The van der Waals surface area contributed by atoms with Gasteiger partial charge in [-0.1, -0.05) is 156 Å². The summed E-state index contributed by atoms with van der Waals surface area (Å²) in [5.74, 6) is -1.88. The SMILES string of the molecule is CCCCCCCCCCCCCCCCCCC(CC)C(C(=O)O)C(C)C(=O)NCCCCCC. The lowest BCUT2D eigenvalue weighted by molar-refractivity contribution is -0.149. The third kappa shape index (κ3) is 19.1. The quantitative estimate of drug-likeness (QED) is 0.108. The molecule has 0 aromatic carbocycles. The van der Waals surface area contributed by atoms with E-state index < -0.39 is 17.8 Å². The number of carboxylic acid groups (broad SMARTS) is 1. The van der Waals surface area contributed by atoms with Crippen LogP contribution in [0.25, 0.3) is 0 Å². The topological polar surface area (TPSA) is 66.4 Å². The van der Waals surface area contributed by atoms with Crippen LogP contribution in [0.2, 0.25) is 0 Å². The van der Waals surface area contributed by atoms with Gasteiger partial charge >= 0.3 is 5.97 Å². The van der Waals surface area contributed by atoms with Crippen molar-refractivity contribution in [3.8, 4) is 0 Å². The Balaban J connectivity index is 3.92. The molecular weight excluding hydrogens is 446 g/mol. The number of nitrogens with one attached hydrogen (secondary N) is 1. The number of carboxylic acids is 1. The predicted octanol–water partition coefficient (Wildman–Crippen LogP) is 9.70. The maximum Gasteiger partial charge on any atom is 0.307 e. The van der Waals surface area contributed by atoms with E-state index in [2.05, 4.69) is 26.1 Å². The van der Waals surface area contributed by atoms with Crippen LogP contribution in [0, 0.1) is 17.8 Å². The van der Waals surface area contributed by atoms with E-state index in [0.29, 0.717) is 6.54 Å². The van der Waals surface area contributed by atoms with Gasteiger partial charge in [-0.05, 0) is 18.8 Å². The van der Waals surface area contributed by atoms with Crippen LogP contribution in [0.3, 0.4) is 0 Å². The first kappa shape index (κ1) is 34.9. The third-order valence-electron chi connectivity index (χ3n) is 8.03. The zero-order valence-corrected chi connectivity index (χ0v) is 24.8. The number of amides is 1. The summed E-state index contributed by atoms with van der Waals surface area (Å²) in [5, 5.41) is 12.9. The molecule has 214 valence electrons. The molecule has 0 aliphatic rings. The number of hydrogen-bond acceptors (Lipinski definition) is 2. The molecule has 3 unspecified atom stereocenters. The maximum atomic E-state index is 12.6. The molecular formula is C32H63NO3. The molecule has 0 heterocycles. The Morgan fingerprint density at radius 1 is 0.611 bits per heavy atom. The van der Waals surface area contributed by atoms with Gasteiger partial charge < -0.3 is 10.4 Å². The summed E-state index contributed by atoms with van der Waals surface area (Å²) in [4.78, 5) is 24.6. The second-order valence-electron chi connectivity index (χ2n) is 11.3. The molecule has 0 radical (unpaired) electrons. The highest BCUT2D eigenvalue weighted by atomic mass is 16.4. The van der Waals surface area contributed by atoms with Gasteiger partial charge in [0.25, 0.3) is 0 Å². The molecule has 1 amide bonds.